The van der Waals surface area contributed by atoms with Gasteiger partial charge in [-0.3, -0.25) is 0 Å². The Morgan fingerprint density at radius 2 is 0.923 bits per heavy atom. The molecule has 0 unspecified atom stereocenters. The van der Waals surface area contributed by atoms with Gasteiger partial charge < -0.3 is 0 Å². The predicted octanol–water partition coefficient (Wildman–Crippen LogP) is 2.57. The molecule has 2 nitrogen and oxygen atoms in total. The topological polar surface area (TPSA) is 34.1 Å². The normalized spacial score (nSPS) is 7.38. The van der Waals surface area contributed by atoms with Crippen molar-refractivity contribution in [1.82, 2.24) is 0 Å². The fraction of sp³-hybridized carbons (Fsp3) is 0. The van der Waals surface area contributed by atoms with E-state index in [1.165, 1.54) is 0 Å². The van der Waals surface area contributed by atoms with Crippen molar-refractivity contribution in [3.8, 4) is 0 Å². The van der Waals surface area contributed by atoms with Crippen molar-refractivity contribution in [2.24, 2.45) is 0 Å². The van der Waals surface area contributed by atoms with Gasteiger partial charge in [0.2, 0.25) is 0 Å². The maximum Gasteiger partial charge on any atom is -0.172 e. The Morgan fingerprint density at radius 1 is 0.692 bits per heavy atom. The maximum absolute atomic E-state index is 8.38. The Morgan fingerprint density at radius 3 is 1.00 bits per heavy atom. The van der Waals surface area contributed by atoms with E-state index in [1.54, 1.807) is 0 Å². The van der Waals surface area contributed by atoms with Crippen LogP contribution in [0, 0.1) is 0 Å². The molecule has 0 saturated heterocycles. The first-order valence-electron chi connectivity index (χ1n) is 3.62. The summed E-state index contributed by atoms with van der Waals surface area (Å²) in [5, 5.41) is 0. The van der Waals surface area contributed by atoms with E-state index in [2.05, 4.69) is 0 Å². The van der Waals surface area contributed by atoms with E-state index in [1.807, 2.05) is 60.7 Å². The molecule has 2 rings (SSSR count). The minimum atomic E-state index is -1.25. The Labute approximate surface area is 83.5 Å². The first-order chi connectivity index (χ1) is 6.41. The molecular formula is C10H10FeO2-2. The average Bonchev–Trinajstić information content (AvgIpc) is 2.85. The fourth-order valence-corrected chi connectivity index (χ4v) is 0.642. The van der Waals surface area contributed by atoms with Crippen molar-refractivity contribution in [3.63, 3.8) is 0 Å². The second-order valence-electron chi connectivity index (χ2n) is 1.98. The molecule has 0 spiro atoms. The summed E-state index contributed by atoms with van der Waals surface area (Å²) < 4.78 is 16.8. The van der Waals surface area contributed by atoms with Gasteiger partial charge in [0, 0.05) is 0 Å². The maximum atomic E-state index is 8.38. The Kier molecular flexibility index (Phi) is 9.84. The Hall–Kier alpha value is -1.18. The van der Waals surface area contributed by atoms with Gasteiger partial charge in [-0.25, -0.2) is 24.3 Å². The summed E-state index contributed by atoms with van der Waals surface area (Å²) >= 11 is -1.25. The molecule has 0 aromatic heterocycles. The fourth-order valence-electron chi connectivity index (χ4n) is 0.642. The Balaban J connectivity index is 0.000000174. The first-order valence-corrected chi connectivity index (χ1v) is 4.52. The van der Waals surface area contributed by atoms with Crippen molar-refractivity contribution in [2.75, 3.05) is 0 Å². The smallest absolute Gasteiger partial charge is 0.172 e. The SMILES string of the molecule is [O]=[Fe]=[O].c1cc[cH-]c1.c1cc[cH-]c1. The summed E-state index contributed by atoms with van der Waals surface area (Å²) in [6, 6.07) is 20.0. The van der Waals surface area contributed by atoms with Crippen molar-refractivity contribution >= 4 is 0 Å². The van der Waals surface area contributed by atoms with Gasteiger partial charge in [0.1, 0.15) is 0 Å². The molecule has 0 aliphatic heterocycles. The van der Waals surface area contributed by atoms with Crippen molar-refractivity contribution < 1.29 is 22.5 Å². The third-order valence-electron chi connectivity index (χ3n) is 1.11. The van der Waals surface area contributed by atoms with Crippen LogP contribution in [0.4, 0.5) is 0 Å². The summed E-state index contributed by atoms with van der Waals surface area (Å²) in [4.78, 5) is 0. The molecule has 0 saturated carbocycles. The standard InChI is InChI=1S/2C5H5.Fe.2O/c2*1-2-4-5-3-1;;;/h2*1-5H;;;/q2*-1;;;. The molecule has 13 heavy (non-hydrogen) atoms. The van der Waals surface area contributed by atoms with E-state index in [0.717, 1.165) is 0 Å². The largest absolute Gasteiger partial charge is 0.214 e. The summed E-state index contributed by atoms with van der Waals surface area (Å²) in [6.07, 6.45) is 0. The molecule has 0 heterocycles. The molecule has 0 radical (unpaired) electrons. The number of hydrogen-bond donors (Lipinski definition) is 0. The molecule has 72 valence electrons. The van der Waals surface area contributed by atoms with Gasteiger partial charge >= 0.3 is 22.5 Å². The summed E-state index contributed by atoms with van der Waals surface area (Å²) in [7, 11) is 0. The van der Waals surface area contributed by atoms with Crippen LogP contribution in [0.3, 0.4) is 0 Å². The summed E-state index contributed by atoms with van der Waals surface area (Å²) in [5.74, 6) is 0. The van der Waals surface area contributed by atoms with Crippen LogP contribution in [0.1, 0.15) is 0 Å². The molecule has 2 aromatic carbocycles. The molecule has 0 amide bonds. The van der Waals surface area contributed by atoms with Gasteiger partial charge in [0.05, 0.1) is 0 Å². The van der Waals surface area contributed by atoms with E-state index in [-0.39, 0.29) is 0 Å². The zero-order valence-electron chi connectivity index (χ0n) is 6.94. The zero-order valence-corrected chi connectivity index (χ0v) is 8.05. The van der Waals surface area contributed by atoms with Gasteiger partial charge in [0.15, 0.2) is 0 Å². The van der Waals surface area contributed by atoms with E-state index < -0.39 is 14.8 Å². The van der Waals surface area contributed by atoms with Crippen LogP contribution in [0.15, 0.2) is 60.7 Å². The molecule has 2 aromatic rings. The van der Waals surface area contributed by atoms with E-state index >= 15 is 0 Å². The van der Waals surface area contributed by atoms with Crippen LogP contribution in [0.5, 0.6) is 0 Å². The molecule has 3 heteroatoms. The zero-order chi connectivity index (χ0) is 9.78. The molecular weight excluding hydrogens is 208 g/mol. The van der Waals surface area contributed by atoms with E-state index in [9.17, 15) is 0 Å². The van der Waals surface area contributed by atoms with Crippen molar-refractivity contribution in [3.05, 3.63) is 60.7 Å². The second kappa shape index (κ2) is 10.8. The van der Waals surface area contributed by atoms with Crippen LogP contribution in [0.2, 0.25) is 0 Å². The third-order valence-corrected chi connectivity index (χ3v) is 1.11. The minimum Gasteiger partial charge on any atom is -0.214 e. The van der Waals surface area contributed by atoms with Gasteiger partial charge in [-0.2, -0.15) is 36.4 Å². The predicted molar refractivity (Wildman–Crippen MR) is 45.4 cm³/mol. The van der Waals surface area contributed by atoms with Crippen LogP contribution in [-0.2, 0) is 22.5 Å². The van der Waals surface area contributed by atoms with Crippen LogP contribution >= 0.6 is 0 Å². The van der Waals surface area contributed by atoms with Crippen LogP contribution in [0.25, 0.3) is 0 Å². The van der Waals surface area contributed by atoms with Crippen LogP contribution < -0.4 is 0 Å². The number of rotatable bonds is 0. The van der Waals surface area contributed by atoms with Gasteiger partial charge in [-0.05, 0) is 0 Å². The van der Waals surface area contributed by atoms with Gasteiger partial charge in [-0.1, -0.05) is 0 Å². The van der Waals surface area contributed by atoms with Gasteiger partial charge in [-0.15, -0.1) is 0 Å². The first kappa shape index (κ1) is 11.8. The summed E-state index contributed by atoms with van der Waals surface area (Å²) in [5.41, 5.74) is 0. The molecule has 0 N–H and O–H groups in total. The Bertz CT molecular complexity index is 218. The number of hydrogen-bond acceptors (Lipinski definition) is 2. The second-order valence-corrected chi connectivity index (χ2v) is 2.17. The van der Waals surface area contributed by atoms with Gasteiger partial charge in [0.25, 0.3) is 0 Å². The van der Waals surface area contributed by atoms with Crippen molar-refractivity contribution in [1.29, 1.82) is 0 Å². The third kappa shape index (κ3) is 10.8. The molecule has 0 aliphatic rings. The molecule has 0 fully saturated rings. The molecule has 0 atom stereocenters. The molecule has 0 bridgehead atoms. The quantitative estimate of drug-likeness (QED) is 0.503. The monoisotopic (exact) mass is 218 g/mol. The summed E-state index contributed by atoms with van der Waals surface area (Å²) in [6.45, 7) is 0. The average molecular weight is 218 g/mol. The van der Waals surface area contributed by atoms with E-state index in [0.29, 0.717) is 0 Å². The van der Waals surface area contributed by atoms with Crippen molar-refractivity contribution in [2.45, 2.75) is 0 Å². The van der Waals surface area contributed by atoms with E-state index in [4.69, 9.17) is 7.67 Å². The minimum absolute atomic E-state index is 1.25. The van der Waals surface area contributed by atoms with Crippen LogP contribution in [-0.4, -0.2) is 0 Å². The molecule has 0 aliphatic carbocycles.